The molecule has 3 aromatic carbocycles. The molecule has 5 nitrogen and oxygen atoms in total. The van der Waals surface area contributed by atoms with Gasteiger partial charge in [-0.3, -0.25) is 4.79 Å². The lowest BCUT2D eigenvalue weighted by atomic mass is 9.74. The van der Waals surface area contributed by atoms with Gasteiger partial charge in [-0.25, -0.2) is 0 Å². The molecule has 1 N–H and O–H groups in total. The Bertz CT molecular complexity index is 1350. The smallest absolute Gasteiger partial charge is 0.223 e. The highest BCUT2D eigenvalue weighted by atomic mass is 35.5. The molecule has 3 aromatic rings. The molecule has 36 heavy (non-hydrogen) atoms. The molecular weight excluding hydrogens is 472 g/mol. The molecule has 0 aliphatic carbocycles. The van der Waals surface area contributed by atoms with Gasteiger partial charge in [0.05, 0.1) is 7.11 Å². The van der Waals surface area contributed by atoms with Crippen molar-refractivity contribution < 1.29 is 14.3 Å². The van der Waals surface area contributed by atoms with Crippen molar-refractivity contribution in [1.29, 1.82) is 0 Å². The number of halogens is 1. The molecule has 1 amide bonds. The third kappa shape index (κ3) is 4.01. The molecule has 5 rings (SSSR count). The van der Waals surface area contributed by atoms with Gasteiger partial charge in [-0.1, -0.05) is 73.5 Å². The number of carbonyl (C=O) groups excluding carboxylic acids is 1. The summed E-state index contributed by atoms with van der Waals surface area (Å²) in [6.07, 6.45) is 4.65. The molecule has 1 fully saturated rings. The number of carbonyl (C=O) groups is 1. The highest BCUT2D eigenvalue weighted by molar-refractivity contribution is 6.31. The van der Waals surface area contributed by atoms with Gasteiger partial charge in [-0.15, -0.1) is 0 Å². The lowest BCUT2D eigenvalue weighted by Crippen LogP contribution is -2.68. The van der Waals surface area contributed by atoms with Gasteiger partial charge in [0.1, 0.15) is 12.3 Å². The normalized spacial score (nSPS) is 20.1. The van der Waals surface area contributed by atoms with Crippen molar-refractivity contribution >= 4 is 29.3 Å². The Morgan fingerprint density at radius 2 is 1.89 bits per heavy atom. The highest BCUT2D eigenvalue weighted by Crippen LogP contribution is 2.52. The zero-order valence-electron chi connectivity index (χ0n) is 21.1. The fourth-order valence-electron chi connectivity index (χ4n) is 5.36. The van der Waals surface area contributed by atoms with Crippen molar-refractivity contribution in [3.63, 3.8) is 0 Å². The number of hydrogen-bond acceptors (Lipinski definition) is 4. The second-order valence-corrected chi connectivity index (χ2v) is 10.4. The molecule has 2 aliphatic rings. The number of anilines is 1. The lowest BCUT2D eigenvalue weighted by Gasteiger charge is -2.49. The quantitative estimate of drug-likeness (QED) is 0.432. The average molecular weight is 503 g/mol. The number of hydrogen-bond donors (Lipinski definition) is 1. The summed E-state index contributed by atoms with van der Waals surface area (Å²) >= 11 is 6.27. The summed E-state index contributed by atoms with van der Waals surface area (Å²) in [6, 6.07) is 20.0. The van der Waals surface area contributed by atoms with Crippen LogP contribution in [0.25, 0.3) is 6.08 Å². The Kier molecular flexibility index (Phi) is 6.21. The monoisotopic (exact) mass is 502 g/mol. The first kappa shape index (κ1) is 24.3. The summed E-state index contributed by atoms with van der Waals surface area (Å²) in [5.74, 6) is 1.34. The van der Waals surface area contributed by atoms with Gasteiger partial charge in [0.25, 0.3) is 0 Å². The minimum atomic E-state index is -0.662. The van der Waals surface area contributed by atoms with Crippen molar-refractivity contribution in [1.82, 2.24) is 5.32 Å². The van der Waals surface area contributed by atoms with E-state index in [1.54, 1.807) is 7.11 Å². The Labute approximate surface area is 217 Å². The van der Waals surface area contributed by atoms with Crippen LogP contribution in [0.3, 0.4) is 0 Å². The molecule has 0 saturated carbocycles. The topological polar surface area (TPSA) is 50.8 Å². The van der Waals surface area contributed by atoms with Gasteiger partial charge in [0.15, 0.2) is 11.5 Å². The fourth-order valence-corrected chi connectivity index (χ4v) is 5.55. The fraction of sp³-hybridized carbons (Fsp3) is 0.300. The summed E-state index contributed by atoms with van der Waals surface area (Å²) in [6.45, 7) is 7.53. The summed E-state index contributed by atoms with van der Waals surface area (Å²) in [5, 5.41) is 4.01. The minimum absolute atomic E-state index is 0.0643. The first-order valence-corrected chi connectivity index (χ1v) is 12.6. The van der Waals surface area contributed by atoms with E-state index in [9.17, 15) is 4.79 Å². The molecule has 0 spiro atoms. The van der Waals surface area contributed by atoms with Crippen molar-refractivity contribution in [2.45, 2.75) is 44.9 Å². The van der Waals surface area contributed by atoms with E-state index < -0.39 is 5.66 Å². The van der Waals surface area contributed by atoms with Crippen LogP contribution in [0.15, 0.2) is 66.7 Å². The third-order valence-corrected chi connectivity index (χ3v) is 7.80. The van der Waals surface area contributed by atoms with Crippen molar-refractivity contribution in [3.8, 4) is 11.5 Å². The van der Waals surface area contributed by atoms with Crippen LogP contribution in [0.2, 0.25) is 5.02 Å². The first-order valence-electron chi connectivity index (χ1n) is 12.2. The maximum Gasteiger partial charge on any atom is 0.223 e. The lowest BCUT2D eigenvalue weighted by molar-refractivity contribution is -0.124. The van der Waals surface area contributed by atoms with E-state index in [4.69, 9.17) is 21.1 Å². The van der Waals surface area contributed by atoms with Crippen LogP contribution in [0.4, 0.5) is 5.69 Å². The van der Waals surface area contributed by atoms with Gasteiger partial charge >= 0.3 is 0 Å². The van der Waals surface area contributed by atoms with Crippen LogP contribution in [0.5, 0.6) is 11.5 Å². The molecule has 1 unspecified atom stereocenters. The number of amides is 1. The third-order valence-electron chi connectivity index (χ3n) is 7.43. The molecule has 186 valence electrons. The van der Waals surface area contributed by atoms with Gasteiger partial charge in [0, 0.05) is 34.7 Å². The standard InChI is InChI=1S/C30H31ClN2O3/c1-20-9-11-25-23(17-20)29(2,3)30(32-28(34)14-16-33(25)30)15-13-21-10-12-26(27(18-21)35-4)36-19-22-7-5-6-8-24(22)31/h5-13,15,17-18H,14,16,19H2,1-4H3,(H,32,34). The molecule has 1 saturated heterocycles. The molecule has 1 atom stereocenters. The molecule has 0 radical (unpaired) electrons. The van der Waals surface area contributed by atoms with E-state index in [2.05, 4.69) is 61.3 Å². The van der Waals surface area contributed by atoms with E-state index in [0.29, 0.717) is 36.1 Å². The number of ether oxygens (including phenoxy) is 2. The minimum Gasteiger partial charge on any atom is -0.493 e. The number of aryl methyl sites for hydroxylation is 1. The number of rotatable bonds is 6. The van der Waals surface area contributed by atoms with Crippen LogP contribution in [0.1, 0.15) is 42.5 Å². The van der Waals surface area contributed by atoms with Crippen LogP contribution in [-0.2, 0) is 16.8 Å². The van der Waals surface area contributed by atoms with Crippen molar-refractivity contribution in [2.24, 2.45) is 0 Å². The second-order valence-electron chi connectivity index (χ2n) is 9.99. The largest absolute Gasteiger partial charge is 0.493 e. The average Bonchev–Trinajstić information content (AvgIpc) is 3.05. The van der Waals surface area contributed by atoms with Crippen LogP contribution < -0.4 is 19.7 Å². The van der Waals surface area contributed by atoms with E-state index in [0.717, 1.165) is 11.1 Å². The number of benzene rings is 3. The van der Waals surface area contributed by atoms with Gasteiger partial charge < -0.3 is 19.7 Å². The Morgan fingerprint density at radius 3 is 2.67 bits per heavy atom. The summed E-state index contributed by atoms with van der Waals surface area (Å²) in [5.41, 5.74) is 4.51. The molecule has 6 heteroatoms. The highest BCUT2D eigenvalue weighted by Gasteiger charge is 2.57. The van der Waals surface area contributed by atoms with Crippen LogP contribution in [0, 0.1) is 6.92 Å². The van der Waals surface area contributed by atoms with E-state index in [-0.39, 0.29) is 11.3 Å². The predicted octanol–water partition coefficient (Wildman–Crippen LogP) is 6.26. The maximum absolute atomic E-state index is 12.7. The first-order chi connectivity index (χ1) is 17.2. The van der Waals surface area contributed by atoms with Gasteiger partial charge in [0.2, 0.25) is 5.91 Å². The number of methoxy groups -OCH3 is 1. The van der Waals surface area contributed by atoms with Crippen molar-refractivity contribution in [3.05, 3.63) is 94.0 Å². The Hall–Kier alpha value is -3.44. The van der Waals surface area contributed by atoms with Crippen molar-refractivity contribution in [2.75, 3.05) is 18.6 Å². The molecule has 2 heterocycles. The van der Waals surface area contributed by atoms with E-state index in [1.807, 2.05) is 42.5 Å². The second kappa shape index (κ2) is 9.21. The zero-order chi connectivity index (χ0) is 25.5. The summed E-state index contributed by atoms with van der Waals surface area (Å²) in [4.78, 5) is 15.0. The number of nitrogens with one attached hydrogen (secondary N) is 1. The Balaban J connectivity index is 1.45. The van der Waals surface area contributed by atoms with E-state index >= 15 is 0 Å². The van der Waals surface area contributed by atoms with Gasteiger partial charge in [-0.05, 0) is 48.4 Å². The number of nitrogens with zero attached hydrogens (tertiary/aromatic N) is 1. The maximum atomic E-state index is 12.7. The molecule has 0 aromatic heterocycles. The predicted molar refractivity (Wildman–Crippen MR) is 145 cm³/mol. The number of fused-ring (bicyclic) bond motifs is 3. The molecule has 0 bridgehead atoms. The summed E-state index contributed by atoms with van der Waals surface area (Å²) in [7, 11) is 1.63. The van der Waals surface area contributed by atoms with Crippen LogP contribution >= 0.6 is 11.6 Å². The summed E-state index contributed by atoms with van der Waals surface area (Å²) < 4.78 is 11.6. The van der Waals surface area contributed by atoms with Crippen LogP contribution in [-0.4, -0.2) is 25.2 Å². The molecular formula is C30H31ClN2O3. The SMILES string of the molecule is COc1cc(C=CC23NC(=O)CCN2c2ccc(C)cc2C3(C)C)ccc1OCc1ccccc1Cl. The zero-order valence-corrected chi connectivity index (χ0v) is 21.9. The Morgan fingerprint density at radius 1 is 1.08 bits per heavy atom. The van der Waals surface area contributed by atoms with Gasteiger partial charge in [-0.2, -0.15) is 0 Å². The molecule has 2 aliphatic heterocycles. The van der Waals surface area contributed by atoms with E-state index in [1.165, 1.54) is 16.8 Å².